The van der Waals surface area contributed by atoms with Gasteiger partial charge < -0.3 is 19.5 Å². The fourth-order valence-corrected chi connectivity index (χ4v) is 3.15. The highest BCUT2D eigenvalue weighted by Gasteiger charge is 2.11. The number of pyridine rings is 1. The first-order valence-electron chi connectivity index (χ1n) is 10.1. The van der Waals surface area contributed by atoms with Gasteiger partial charge in [-0.15, -0.1) is 0 Å². The van der Waals surface area contributed by atoms with Gasteiger partial charge in [0.1, 0.15) is 12.4 Å². The molecule has 154 valence electrons. The van der Waals surface area contributed by atoms with E-state index in [-0.39, 0.29) is 5.91 Å². The molecule has 0 saturated heterocycles. The maximum atomic E-state index is 12.4. The molecule has 30 heavy (non-hydrogen) atoms. The minimum atomic E-state index is -0.0519. The predicted octanol–water partition coefficient (Wildman–Crippen LogP) is 4.39. The number of carbonyl (C=O) groups excluding carboxylic acids is 1. The zero-order valence-electron chi connectivity index (χ0n) is 16.7. The smallest absolute Gasteiger partial charge is 0.224 e. The van der Waals surface area contributed by atoms with E-state index in [9.17, 15) is 4.79 Å². The summed E-state index contributed by atoms with van der Waals surface area (Å²) in [6, 6.07) is 18.9. The summed E-state index contributed by atoms with van der Waals surface area (Å²) in [5.74, 6) is 2.15. The van der Waals surface area contributed by atoms with Gasteiger partial charge >= 0.3 is 0 Å². The largest absolute Gasteiger partial charge is 0.490 e. The number of nitrogens with one attached hydrogen (secondary N) is 1. The molecule has 0 bridgehead atoms. The van der Waals surface area contributed by atoms with Crippen molar-refractivity contribution in [2.75, 3.05) is 18.5 Å². The fourth-order valence-electron chi connectivity index (χ4n) is 3.15. The van der Waals surface area contributed by atoms with Gasteiger partial charge in [0.2, 0.25) is 5.91 Å². The van der Waals surface area contributed by atoms with E-state index in [2.05, 4.69) is 10.3 Å². The molecule has 1 N–H and O–H groups in total. The first-order valence-corrected chi connectivity index (χ1v) is 10.1. The normalized spacial score (nSPS) is 12.7. The van der Waals surface area contributed by atoms with Crippen molar-refractivity contribution in [1.82, 2.24) is 4.98 Å². The van der Waals surface area contributed by atoms with Crippen molar-refractivity contribution in [3.8, 4) is 17.2 Å². The number of benzene rings is 2. The Labute approximate surface area is 175 Å². The molecule has 0 spiro atoms. The molecule has 3 aromatic rings. The maximum Gasteiger partial charge on any atom is 0.224 e. The number of nitrogens with zero attached hydrogens (tertiary/aromatic N) is 1. The van der Waals surface area contributed by atoms with Crippen LogP contribution in [0.1, 0.15) is 24.1 Å². The average Bonchev–Trinajstić information content (AvgIpc) is 3.02. The molecule has 2 aromatic carbocycles. The highest BCUT2D eigenvalue weighted by molar-refractivity contribution is 5.91. The molecule has 1 aromatic heterocycles. The number of aryl methyl sites for hydroxylation is 1. The number of hydrogen-bond acceptors (Lipinski definition) is 5. The van der Waals surface area contributed by atoms with Crippen LogP contribution in [0.15, 0.2) is 66.9 Å². The third-order valence-electron chi connectivity index (χ3n) is 4.68. The van der Waals surface area contributed by atoms with Crippen LogP contribution in [0.5, 0.6) is 17.2 Å². The van der Waals surface area contributed by atoms with Crippen LogP contribution >= 0.6 is 0 Å². The lowest BCUT2D eigenvalue weighted by molar-refractivity contribution is -0.116. The molecule has 2 heterocycles. The van der Waals surface area contributed by atoms with Crippen molar-refractivity contribution in [1.29, 1.82) is 0 Å². The monoisotopic (exact) mass is 404 g/mol. The Hall–Kier alpha value is -3.54. The standard InChI is InChI=1S/C24H24N2O4/c27-24(11-9-18-8-10-22-23(15-18)29-14-4-13-28-22)26-19-6-3-7-21(16-19)30-17-20-5-1-2-12-25-20/h1-3,5-8,10,12,15-16H,4,9,11,13-14,17H2,(H,26,27). The second kappa shape index (κ2) is 9.78. The zero-order chi connectivity index (χ0) is 20.6. The van der Waals surface area contributed by atoms with Gasteiger partial charge in [-0.05, 0) is 48.4 Å². The Balaban J connectivity index is 1.29. The Kier molecular flexibility index (Phi) is 6.44. The summed E-state index contributed by atoms with van der Waals surface area (Å²) in [5, 5.41) is 2.93. The van der Waals surface area contributed by atoms with Crippen LogP contribution in [0.2, 0.25) is 0 Å². The van der Waals surface area contributed by atoms with Gasteiger partial charge in [0.05, 0.1) is 18.9 Å². The average molecular weight is 404 g/mol. The third kappa shape index (κ3) is 5.50. The molecule has 4 rings (SSSR count). The van der Waals surface area contributed by atoms with Crippen LogP contribution in [-0.4, -0.2) is 24.1 Å². The van der Waals surface area contributed by atoms with E-state index in [0.717, 1.165) is 29.2 Å². The number of anilines is 1. The first-order chi connectivity index (χ1) is 14.8. The van der Waals surface area contributed by atoms with Crippen molar-refractivity contribution in [3.63, 3.8) is 0 Å². The molecular weight excluding hydrogens is 380 g/mol. The number of amides is 1. The summed E-state index contributed by atoms with van der Waals surface area (Å²) in [7, 11) is 0. The molecule has 0 aliphatic carbocycles. The van der Waals surface area contributed by atoms with Crippen LogP contribution in [0, 0.1) is 0 Å². The van der Waals surface area contributed by atoms with Crippen LogP contribution in [0.3, 0.4) is 0 Å². The van der Waals surface area contributed by atoms with Gasteiger partial charge in [-0.25, -0.2) is 0 Å². The number of hydrogen-bond donors (Lipinski definition) is 1. The Morgan fingerprint density at radius 2 is 1.90 bits per heavy atom. The Morgan fingerprint density at radius 1 is 1.00 bits per heavy atom. The summed E-state index contributed by atoms with van der Waals surface area (Å²) < 4.78 is 17.1. The summed E-state index contributed by atoms with van der Waals surface area (Å²) in [5.41, 5.74) is 2.60. The lowest BCUT2D eigenvalue weighted by Gasteiger charge is -2.10. The summed E-state index contributed by atoms with van der Waals surface area (Å²) >= 11 is 0. The number of rotatable bonds is 7. The molecule has 0 atom stereocenters. The predicted molar refractivity (Wildman–Crippen MR) is 114 cm³/mol. The van der Waals surface area contributed by atoms with E-state index >= 15 is 0 Å². The van der Waals surface area contributed by atoms with Crippen LogP contribution in [0.4, 0.5) is 5.69 Å². The van der Waals surface area contributed by atoms with Gasteiger partial charge in [0, 0.05) is 30.8 Å². The Bertz CT molecular complexity index is 992. The second-order valence-electron chi connectivity index (χ2n) is 7.02. The van der Waals surface area contributed by atoms with E-state index in [1.807, 2.05) is 60.7 Å². The highest BCUT2D eigenvalue weighted by Crippen LogP contribution is 2.30. The summed E-state index contributed by atoms with van der Waals surface area (Å²) in [6.07, 6.45) is 3.60. The number of fused-ring (bicyclic) bond motifs is 1. The van der Waals surface area contributed by atoms with Gasteiger partial charge in [0.25, 0.3) is 0 Å². The number of aromatic nitrogens is 1. The lowest BCUT2D eigenvalue weighted by atomic mass is 10.1. The summed E-state index contributed by atoms with van der Waals surface area (Å²) in [4.78, 5) is 16.6. The van der Waals surface area contributed by atoms with Crippen LogP contribution in [0.25, 0.3) is 0 Å². The molecule has 0 unspecified atom stereocenters. The highest BCUT2D eigenvalue weighted by atomic mass is 16.5. The SMILES string of the molecule is O=C(CCc1ccc2c(c1)OCCCO2)Nc1cccc(OCc2ccccn2)c1. The molecule has 0 radical (unpaired) electrons. The van der Waals surface area contributed by atoms with Gasteiger partial charge in [-0.2, -0.15) is 0 Å². The molecular formula is C24H24N2O4. The van der Waals surface area contributed by atoms with E-state index in [1.54, 1.807) is 6.20 Å². The minimum Gasteiger partial charge on any atom is -0.490 e. The molecule has 6 nitrogen and oxygen atoms in total. The molecule has 0 fully saturated rings. The van der Waals surface area contributed by atoms with E-state index in [4.69, 9.17) is 14.2 Å². The topological polar surface area (TPSA) is 69.7 Å². The molecule has 1 amide bonds. The Morgan fingerprint density at radius 3 is 2.77 bits per heavy atom. The second-order valence-corrected chi connectivity index (χ2v) is 7.02. The first kappa shape index (κ1) is 19.8. The van der Waals surface area contributed by atoms with E-state index in [1.165, 1.54) is 0 Å². The maximum absolute atomic E-state index is 12.4. The molecule has 1 aliphatic heterocycles. The number of carbonyl (C=O) groups is 1. The van der Waals surface area contributed by atoms with Crippen molar-refractivity contribution in [3.05, 3.63) is 78.1 Å². The van der Waals surface area contributed by atoms with Crippen LogP contribution < -0.4 is 19.5 Å². The minimum absolute atomic E-state index is 0.0519. The zero-order valence-corrected chi connectivity index (χ0v) is 16.7. The third-order valence-corrected chi connectivity index (χ3v) is 4.68. The fraction of sp³-hybridized carbons (Fsp3) is 0.250. The van der Waals surface area contributed by atoms with Gasteiger partial charge in [-0.3, -0.25) is 9.78 Å². The molecule has 6 heteroatoms. The van der Waals surface area contributed by atoms with Crippen molar-refractivity contribution in [2.45, 2.75) is 25.9 Å². The van der Waals surface area contributed by atoms with Gasteiger partial charge in [-0.1, -0.05) is 18.2 Å². The van der Waals surface area contributed by atoms with E-state index < -0.39 is 0 Å². The van der Waals surface area contributed by atoms with Crippen LogP contribution in [-0.2, 0) is 17.8 Å². The van der Waals surface area contributed by atoms with E-state index in [0.29, 0.717) is 44.1 Å². The molecule has 0 saturated carbocycles. The number of ether oxygens (including phenoxy) is 3. The quantitative estimate of drug-likeness (QED) is 0.632. The van der Waals surface area contributed by atoms with Gasteiger partial charge in [0.15, 0.2) is 11.5 Å². The lowest BCUT2D eigenvalue weighted by Crippen LogP contribution is -2.12. The van der Waals surface area contributed by atoms with Crippen molar-refractivity contribution < 1.29 is 19.0 Å². The van der Waals surface area contributed by atoms with Crippen molar-refractivity contribution in [2.24, 2.45) is 0 Å². The summed E-state index contributed by atoms with van der Waals surface area (Å²) in [6.45, 7) is 1.69. The molecule has 1 aliphatic rings. The van der Waals surface area contributed by atoms with Crippen molar-refractivity contribution >= 4 is 11.6 Å².